The second-order valence-electron chi connectivity index (χ2n) is 4.55. The number of aliphatic carboxylic acids is 5. The Morgan fingerprint density at radius 1 is 0.750 bits per heavy atom. The molecule has 0 saturated heterocycles. The van der Waals surface area contributed by atoms with Crippen LogP contribution in [-0.2, 0) is 24.0 Å². The lowest BCUT2D eigenvalue weighted by molar-refractivity contribution is -0.174. The van der Waals surface area contributed by atoms with E-state index < -0.39 is 59.4 Å². The van der Waals surface area contributed by atoms with Gasteiger partial charge in [0.2, 0.25) is 0 Å². The molecule has 110 valence electrons. The molecule has 0 heterocycles. The Labute approximate surface area is 110 Å². The van der Waals surface area contributed by atoms with E-state index in [2.05, 4.69) is 0 Å². The van der Waals surface area contributed by atoms with E-state index in [1.54, 1.807) is 0 Å². The first-order chi connectivity index (χ1) is 9.02. The number of carboxylic acids is 5. The third-order valence-corrected chi connectivity index (χ3v) is 3.61. The Morgan fingerprint density at radius 3 is 1.35 bits per heavy atom. The van der Waals surface area contributed by atoms with Crippen molar-refractivity contribution in [3.63, 3.8) is 0 Å². The van der Waals surface area contributed by atoms with Gasteiger partial charge in [0.1, 0.15) is 0 Å². The van der Waals surface area contributed by atoms with E-state index in [-0.39, 0.29) is 0 Å². The topological polar surface area (TPSA) is 186 Å². The SMILES string of the molecule is O=C(O)C1CC(C(=O)O)(C(=O)O)CC1(C(=O)O)C(=O)O. The maximum Gasteiger partial charge on any atom is 0.322 e. The molecule has 0 radical (unpaired) electrons. The van der Waals surface area contributed by atoms with Crippen LogP contribution in [-0.4, -0.2) is 55.4 Å². The largest absolute Gasteiger partial charge is 0.481 e. The quantitative estimate of drug-likeness (QED) is 0.384. The van der Waals surface area contributed by atoms with E-state index >= 15 is 0 Å². The normalized spacial score (nSPS) is 22.9. The third kappa shape index (κ3) is 1.76. The monoisotopic (exact) mass is 290 g/mol. The molecule has 0 aliphatic heterocycles. The lowest BCUT2D eigenvalue weighted by Gasteiger charge is -2.24. The van der Waals surface area contributed by atoms with Crippen molar-refractivity contribution in [2.24, 2.45) is 16.7 Å². The molecule has 10 nitrogen and oxygen atoms in total. The standard InChI is InChI=1S/C10H10O10/c11-4(12)3-1-9(5(13)14,6(15)16)2-10(3,7(17)18)8(19)20/h3H,1-2H2,(H,11,12)(H,13,14)(H,15,16)(H,17,18)(H,19,20). The van der Waals surface area contributed by atoms with Gasteiger partial charge in [-0.15, -0.1) is 0 Å². The first kappa shape index (κ1) is 15.4. The molecular weight excluding hydrogens is 280 g/mol. The van der Waals surface area contributed by atoms with Crippen LogP contribution in [0.5, 0.6) is 0 Å². The highest BCUT2D eigenvalue weighted by Gasteiger charge is 2.71. The average Bonchev–Trinajstić information content (AvgIpc) is 2.67. The highest BCUT2D eigenvalue weighted by Crippen LogP contribution is 2.54. The molecule has 20 heavy (non-hydrogen) atoms. The number of rotatable bonds is 5. The molecule has 1 unspecified atom stereocenters. The highest BCUT2D eigenvalue weighted by molar-refractivity contribution is 6.08. The molecule has 1 atom stereocenters. The Hall–Kier alpha value is -2.65. The van der Waals surface area contributed by atoms with Gasteiger partial charge in [-0.3, -0.25) is 24.0 Å². The van der Waals surface area contributed by atoms with Crippen molar-refractivity contribution >= 4 is 29.8 Å². The van der Waals surface area contributed by atoms with Crippen LogP contribution in [0.25, 0.3) is 0 Å². The van der Waals surface area contributed by atoms with Crippen LogP contribution in [0.2, 0.25) is 0 Å². The van der Waals surface area contributed by atoms with Crippen LogP contribution in [0.15, 0.2) is 0 Å². The molecule has 1 aliphatic rings. The summed E-state index contributed by atoms with van der Waals surface area (Å²) in [6.45, 7) is 0. The summed E-state index contributed by atoms with van der Waals surface area (Å²) < 4.78 is 0. The van der Waals surface area contributed by atoms with Gasteiger partial charge in [-0.1, -0.05) is 0 Å². The minimum absolute atomic E-state index is 1.12. The summed E-state index contributed by atoms with van der Waals surface area (Å²) in [6, 6.07) is 0. The first-order valence-corrected chi connectivity index (χ1v) is 5.18. The molecule has 1 aliphatic carbocycles. The molecule has 0 aromatic carbocycles. The van der Waals surface area contributed by atoms with Gasteiger partial charge < -0.3 is 25.5 Å². The molecule has 5 N–H and O–H groups in total. The maximum atomic E-state index is 11.2. The predicted octanol–water partition coefficient (Wildman–Crippen LogP) is -1.21. The molecule has 0 spiro atoms. The zero-order valence-electron chi connectivity index (χ0n) is 9.77. The number of carboxylic acid groups (broad SMARTS) is 5. The van der Waals surface area contributed by atoms with Gasteiger partial charge >= 0.3 is 29.8 Å². The van der Waals surface area contributed by atoms with Gasteiger partial charge in [0.15, 0.2) is 10.8 Å². The fourth-order valence-electron chi connectivity index (χ4n) is 2.45. The van der Waals surface area contributed by atoms with Crippen molar-refractivity contribution in [3.8, 4) is 0 Å². The number of hydrogen-bond acceptors (Lipinski definition) is 5. The summed E-state index contributed by atoms with van der Waals surface area (Å²) in [5.74, 6) is -12.1. The summed E-state index contributed by atoms with van der Waals surface area (Å²) in [5.41, 5.74) is -5.76. The van der Waals surface area contributed by atoms with E-state index in [0.717, 1.165) is 0 Å². The lowest BCUT2D eigenvalue weighted by atomic mass is 9.76. The van der Waals surface area contributed by atoms with E-state index in [0.29, 0.717) is 0 Å². The van der Waals surface area contributed by atoms with Crippen LogP contribution >= 0.6 is 0 Å². The molecule has 0 amide bonds. The van der Waals surface area contributed by atoms with Crippen molar-refractivity contribution in [3.05, 3.63) is 0 Å². The molecule has 1 rings (SSSR count). The van der Waals surface area contributed by atoms with Crippen LogP contribution in [0.4, 0.5) is 0 Å². The van der Waals surface area contributed by atoms with Crippen LogP contribution in [0.1, 0.15) is 12.8 Å². The fourth-order valence-corrected chi connectivity index (χ4v) is 2.45. The minimum atomic E-state index is -3.00. The molecule has 0 aromatic rings. The summed E-state index contributed by atoms with van der Waals surface area (Å²) in [4.78, 5) is 55.6. The fraction of sp³-hybridized carbons (Fsp3) is 0.500. The summed E-state index contributed by atoms with van der Waals surface area (Å²) in [7, 11) is 0. The predicted molar refractivity (Wildman–Crippen MR) is 55.8 cm³/mol. The Morgan fingerprint density at radius 2 is 1.15 bits per heavy atom. The van der Waals surface area contributed by atoms with E-state index in [1.165, 1.54) is 0 Å². The third-order valence-electron chi connectivity index (χ3n) is 3.61. The summed E-state index contributed by atoms with van der Waals surface area (Å²) in [5, 5.41) is 44.9. The molecule has 1 fully saturated rings. The number of carbonyl (C=O) groups is 5. The Bertz CT molecular complexity index is 490. The van der Waals surface area contributed by atoms with E-state index in [9.17, 15) is 24.0 Å². The molecular formula is C10H10O10. The Kier molecular flexibility index (Phi) is 3.45. The first-order valence-electron chi connectivity index (χ1n) is 5.18. The van der Waals surface area contributed by atoms with Crippen molar-refractivity contribution < 1.29 is 49.5 Å². The maximum absolute atomic E-state index is 11.2. The van der Waals surface area contributed by atoms with Gasteiger partial charge in [0.25, 0.3) is 0 Å². The highest BCUT2D eigenvalue weighted by atomic mass is 16.4. The smallest absolute Gasteiger partial charge is 0.322 e. The molecule has 0 aromatic heterocycles. The minimum Gasteiger partial charge on any atom is -0.481 e. The molecule has 0 bridgehead atoms. The zero-order valence-corrected chi connectivity index (χ0v) is 9.77. The van der Waals surface area contributed by atoms with Crippen molar-refractivity contribution in [1.82, 2.24) is 0 Å². The number of hydrogen-bond donors (Lipinski definition) is 5. The lowest BCUT2D eigenvalue weighted by Crippen LogP contribution is -2.46. The van der Waals surface area contributed by atoms with E-state index in [1.807, 2.05) is 0 Å². The van der Waals surface area contributed by atoms with Crippen molar-refractivity contribution in [1.29, 1.82) is 0 Å². The average molecular weight is 290 g/mol. The van der Waals surface area contributed by atoms with Gasteiger partial charge in [-0.05, 0) is 6.42 Å². The Balaban J connectivity index is 3.57. The molecule has 1 saturated carbocycles. The van der Waals surface area contributed by atoms with Crippen molar-refractivity contribution in [2.75, 3.05) is 0 Å². The second kappa shape index (κ2) is 4.47. The van der Waals surface area contributed by atoms with Crippen molar-refractivity contribution in [2.45, 2.75) is 12.8 Å². The zero-order chi connectivity index (χ0) is 15.9. The van der Waals surface area contributed by atoms with Crippen LogP contribution in [0, 0.1) is 16.7 Å². The summed E-state index contributed by atoms with van der Waals surface area (Å²) in [6.07, 6.45) is -2.46. The van der Waals surface area contributed by atoms with Gasteiger partial charge in [-0.2, -0.15) is 0 Å². The van der Waals surface area contributed by atoms with Gasteiger partial charge in [0.05, 0.1) is 5.92 Å². The van der Waals surface area contributed by atoms with E-state index in [4.69, 9.17) is 25.5 Å². The molecule has 10 heteroatoms. The van der Waals surface area contributed by atoms with Gasteiger partial charge in [-0.25, -0.2) is 0 Å². The summed E-state index contributed by atoms with van der Waals surface area (Å²) >= 11 is 0. The van der Waals surface area contributed by atoms with Crippen LogP contribution in [0.3, 0.4) is 0 Å². The second-order valence-corrected chi connectivity index (χ2v) is 4.55. The van der Waals surface area contributed by atoms with Crippen LogP contribution < -0.4 is 0 Å². The van der Waals surface area contributed by atoms with Gasteiger partial charge in [0, 0.05) is 6.42 Å².